The van der Waals surface area contributed by atoms with Crippen LogP contribution in [0.15, 0.2) is 72.8 Å². The Morgan fingerprint density at radius 1 is 0.818 bits per heavy atom. The van der Waals surface area contributed by atoms with Crippen LogP contribution in [0.1, 0.15) is 47.1 Å². The zero-order valence-electron chi connectivity index (χ0n) is 22.9. The zero-order chi connectivity index (χ0) is 24.8. The fourth-order valence-electron chi connectivity index (χ4n) is 7.84. The molecule has 0 saturated carbocycles. The predicted octanol–water partition coefficient (Wildman–Crippen LogP) is 10.8. The summed E-state index contributed by atoms with van der Waals surface area (Å²) in [4.78, 5) is 0. The molecular weight excluding hydrogens is 563 g/mol. The van der Waals surface area contributed by atoms with E-state index >= 15 is 0 Å². The van der Waals surface area contributed by atoms with Crippen molar-refractivity contribution < 1.29 is 12.6 Å². The molecule has 0 amide bonds. The zero-order valence-corrected chi connectivity index (χ0v) is 26.5. The van der Waals surface area contributed by atoms with Gasteiger partial charge in [-0.05, 0) is 0 Å². The molecule has 2 aliphatic rings. The Hall–Kier alpha value is -1.47. The molecule has 179 valence electrons. The van der Waals surface area contributed by atoms with Crippen molar-refractivity contribution in [3.8, 4) is 0 Å². The summed E-state index contributed by atoms with van der Waals surface area (Å²) in [5.74, 6) is 0.427. The topological polar surface area (TPSA) is 0 Å². The molecule has 0 bridgehead atoms. The van der Waals surface area contributed by atoms with Crippen molar-refractivity contribution in [3.63, 3.8) is 0 Å². The second kappa shape index (κ2) is 4.67. The van der Waals surface area contributed by atoms with E-state index in [2.05, 4.69) is 132 Å². The standard InChI is InChI=1S/C20H21.C5H5.7CH3.Hf/c1-14-11-18-9-10-19(20(18)13-15(14)2)12-16(3)17-7-5-4-6-8-17;1-2-4-5-3-1;;;;;;;;/h4-11,13,16H,12H2,1-3H3;1-5H;7*1H3;. The molecule has 2 aromatic rings. The summed E-state index contributed by atoms with van der Waals surface area (Å²) in [5, 5.41) is 0. The van der Waals surface area contributed by atoms with Crippen LogP contribution < -0.4 is 0 Å². The molecule has 2 atom stereocenters. The summed E-state index contributed by atoms with van der Waals surface area (Å²) in [7, 11) is 0. The van der Waals surface area contributed by atoms with Gasteiger partial charge in [0.1, 0.15) is 0 Å². The molecule has 0 spiro atoms. The van der Waals surface area contributed by atoms with Crippen LogP contribution in [0.2, 0.25) is 36.4 Å². The number of allylic oxidation sites excluding steroid dienone is 5. The van der Waals surface area contributed by atoms with Crippen molar-refractivity contribution in [1.29, 1.82) is 0 Å². The molecule has 0 radical (unpaired) electrons. The molecule has 0 heterocycles. The first-order chi connectivity index (χ1) is 14.5. The predicted molar refractivity (Wildman–Crippen MR) is 149 cm³/mol. The molecule has 4 rings (SSSR count). The van der Waals surface area contributed by atoms with Gasteiger partial charge in [0.15, 0.2) is 0 Å². The Bertz CT molecular complexity index is 1300. The van der Waals surface area contributed by atoms with Crippen LogP contribution in [0.25, 0.3) is 6.08 Å². The van der Waals surface area contributed by atoms with Gasteiger partial charge in [-0.25, -0.2) is 0 Å². The van der Waals surface area contributed by atoms with Crippen molar-refractivity contribution in [2.75, 3.05) is 0 Å². The number of benzene rings is 2. The fourth-order valence-corrected chi connectivity index (χ4v) is 40.8. The van der Waals surface area contributed by atoms with Gasteiger partial charge in [-0.3, -0.25) is 0 Å². The SMILES string of the molecule is Cc1cc2c(cc1C)[C](CC(C)c1ccccc1)([Hf]([CH3])([CH3])([CH3])([CH3])([CH3])([CH3])([CH3])[CH]1C=CC=C1)C=C2. The van der Waals surface area contributed by atoms with Crippen LogP contribution in [0.5, 0.6) is 0 Å². The van der Waals surface area contributed by atoms with E-state index in [0.29, 0.717) is 9.59 Å². The monoisotopic (exact) mass is 611 g/mol. The first-order valence-electron chi connectivity index (χ1n) is 13.1. The van der Waals surface area contributed by atoms with Gasteiger partial charge in [-0.15, -0.1) is 0 Å². The van der Waals surface area contributed by atoms with Gasteiger partial charge in [-0.1, -0.05) is 0 Å². The van der Waals surface area contributed by atoms with E-state index in [-0.39, 0.29) is 3.17 Å². The third-order valence-corrected chi connectivity index (χ3v) is 57.3. The number of aryl methyl sites for hydroxylation is 2. The fraction of sp³-hybridized carbons (Fsp3) is 0.438. The molecule has 2 aromatic carbocycles. The van der Waals surface area contributed by atoms with E-state index < -0.39 is 12.6 Å². The van der Waals surface area contributed by atoms with Gasteiger partial charge in [0.25, 0.3) is 0 Å². The van der Waals surface area contributed by atoms with Crippen molar-refractivity contribution in [3.05, 3.63) is 101 Å². The molecule has 0 aromatic heterocycles. The normalized spacial score (nSPS) is 27.5. The molecule has 0 saturated heterocycles. The van der Waals surface area contributed by atoms with Crippen LogP contribution >= 0.6 is 0 Å². The van der Waals surface area contributed by atoms with Crippen molar-refractivity contribution in [2.45, 2.75) is 72.7 Å². The minimum atomic E-state index is -5.79. The van der Waals surface area contributed by atoms with Gasteiger partial charge in [-0.2, -0.15) is 0 Å². The maximum absolute atomic E-state index is 5.79. The summed E-state index contributed by atoms with van der Waals surface area (Å²) >= 11 is -5.79. The molecule has 0 N–H and O–H groups in total. The second-order valence-electron chi connectivity index (χ2n) is 22.1. The van der Waals surface area contributed by atoms with E-state index in [1.54, 1.807) is 0 Å². The Labute approximate surface area is 191 Å². The van der Waals surface area contributed by atoms with Crippen LogP contribution in [0, 0.1) is 13.8 Å². The van der Waals surface area contributed by atoms with Gasteiger partial charge in [0, 0.05) is 0 Å². The van der Waals surface area contributed by atoms with Crippen molar-refractivity contribution in [2.24, 2.45) is 0 Å². The Balaban J connectivity index is 2.18. The first kappa shape index (κ1) is 24.6. The van der Waals surface area contributed by atoms with Gasteiger partial charge in [0.05, 0.1) is 0 Å². The second-order valence-corrected chi connectivity index (χ2v) is 131. The Morgan fingerprint density at radius 2 is 1.36 bits per heavy atom. The average molecular weight is 610 g/mol. The summed E-state index contributed by atoms with van der Waals surface area (Å²) in [6.45, 7) is 6.96. The third kappa shape index (κ3) is 3.03. The number of hydrogen-bond acceptors (Lipinski definition) is 0. The summed E-state index contributed by atoms with van der Waals surface area (Å²) in [6, 6.07) is 16.1. The van der Waals surface area contributed by atoms with Crippen molar-refractivity contribution >= 4 is 6.08 Å². The minimum absolute atomic E-state index is 0.131. The first-order valence-corrected chi connectivity index (χ1v) is 42.1. The third-order valence-electron chi connectivity index (χ3n) is 11.3. The van der Waals surface area contributed by atoms with Crippen LogP contribution in [-0.4, -0.2) is 0 Å². The summed E-state index contributed by atoms with van der Waals surface area (Å²) in [6.07, 6.45) is 15.7. The molecular formula is C32H47Hf. The Kier molecular flexibility index (Phi) is 3.49. The molecule has 0 nitrogen and oxygen atoms in total. The van der Waals surface area contributed by atoms with Gasteiger partial charge in [0.2, 0.25) is 0 Å². The number of rotatable bonds is 5. The molecule has 0 fully saturated rings. The van der Waals surface area contributed by atoms with Crippen molar-refractivity contribution in [1.82, 2.24) is 0 Å². The molecule has 1 heteroatoms. The number of hydrogen-bond donors (Lipinski definition) is 0. The van der Waals surface area contributed by atoms with E-state index in [0.717, 1.165) is 6.42 Å². The van der Waals surface area contributed by atoms with E-state index in [1.807, 2.05) is 0 Å². The van der Waals surface area contributed by atoms with Crippen LogP contribution in [0.4, 0.5) is 0 Å². The molecule has 0 aliphatic heterocycles. The van der Waals surface area contributed by atoms with Gasteiger partial charge >= 0.3 is 192 Å². The quantitative estimate of drug-likeness (QED) is 0.296. The van der Waals surface area contributed by atoms with Crippen LogP contribution in [0.3, 0.4) is 0 Å². The maximum atomic E-state index is 2.73. The molecule has 2 unspecified atom stereocenters. The van der Waals surface area contributed by atoms with Crippen LogP contribution in [-0.2, 0) is 15.8 Å². The average Bonchev–Trinajstić information content (AvgIpc) is 3.33. The van der Waals surface area contributed by atoms with E-state index in [4.69, 9.17) is 0 Å². The molecule has 2 aliphatic carbocycles. The van der Waals surface area contributed by atoms with Gasteiger partial charge < -0.3 is 0 Å². The Morgan fingerprint density at radius 3 is 1.94 bits per heavy atom. The van der Waals surface area contributed by atoms with E-state index in [9.17, 15) is 0 Å². The number of fused-ring (bicyclic) bond motifs is 1. The summed E-state index contributed by atoms with van der Waals surface area (Å²) < 4.78 is 19.4. The summed E-state index contributed by atoms with van der Waals surface area (Å²) in [5.41, 5.74) is 7.14. The molecule has 33 heavy (non-hydrogen) atoms. The van der Waals surface area contributed by atoms with E-state index in [1.165, 1.54) is 27.8 Å².